The summed E-state index contributed by atoms with van der Waals surface area (Å²) >= 11 is 0. The molecule has 1 aliphatic carbocycles. The highest BCUT2D eigenvalue weighted by Gasteiger charge is 2.63. The molecule has 6 nitrogen and oxygen atoms in total. The van der Waals surface area contributed by atoms with Crippen molar-refractivity contribution in [3.05, 3.63) is 24.3 Å². The first kappa shape index (κ1) is 16.2. The number of esters is 2. The molecule has 2 saturated heterocycles. The van der Waals surface area contributed by atoms with Crippen molar-refractivity contribution in [1.82, 2.24) is 0 Å². The van der Waals surface area contributed by atoms with Crippen LogP contribution in [-0.4, -0.2) is 47.1 Å². The van der Waals surface area contributed by atoms with Crippen molar-refractivity contribution in [3.63, 3.8) is 0 Å². The summed E-state index contributed by atoms with van der Waals surface area (Å²) < 4.78 is 16.7. The minimum atomic E-state index is -0.697. The van der Waals surface area contributed by atoms with Gasteiger partial charge in [0.15, 0.2) is 0 Å². The fourth-order valence-electron chi connectivity index (χ4n) is 3.64. The lowest BCUT2D eigenvalue weighted by atomic mass is 9.80. The van der Waals surface area contributed by atoms with Gasteiger partial charge in [-0.15, -0.1) is 0 Å². The van der Waals surface area contributed by atoms with Crippen LogP contribution in [0, 0.1) is 5.92 Å². The highest BCUT2D eigenvalue weighted by atomic mass is 16.6. The molecular weight excluding hydrogens is 300 g/mol. The maximum absolute atomic E-state index is 12.0. The Labute approximate surface area is 135 Å². The van der Waals surface area contributed by atoms with Crippen molar-refractivity contribution in [3.8, 4) is 0 Å². The van der Waals surface area contributed by atoms with Crippen LogP contribution in [-0.2, 0) is 23.8 Å². The van der Waals surface area contributed by atoms with Gasteiger partial charge in [-0.1, -0.05) is 13.2 Å². The van der Waals surface area contributed by atoms with E-state index in [4.69, 9.17) is 14.2 Å². The van der Waals surface area contributed by atoms with Crippen molar-refractivity contribution < 1.29 is 28.9 Å². The van der Waals surface area contributed by atoms with E-state index in [0.717, 1.165) is 0 Å². The van der Waals surface area contributed by atoms with Crippen LogP contribution in [0.25, 0.3) is 0 Å². The standard InChI is InChI=1S/C17H22O6/c1-8-7-12(21-10(3)18)13-9(2)16(20)22-14(13)15-17(4,23-15)6-5-11(8)19/h11-15,19H,1-2,5-7H2,3-4H3/t11-,12-,13-,14+,15-,17-/m1/s1. The average molecular weight is 322 g/mol. The van der Waals surface area contributed by atoms with Gasteiger partial charge in [0.1, 0.15) is 18.3 Å². The molecular formula is C17H22O6. The summed E-state index contributed by atoms with van der Waals surface area (Å²) in [5.74, 6) is -1.43. The molecule has 0 aromatic heterocycles. The third-order valence-electron chi connectivity index (χ3n) is 5.07. The predicted molar refractivity (Wildman–Crippen MR) is 80.3 cm³/mol. The molecule has 0 radical (unpaired) electrons. The number of hydrogen-bond acceptors (Lipinski definition) is 6. The summed E-state index contributed by atoms with van der Waals surface area (Å²) in [6, 6.07) is 0. The normalized spacial score (nSPS) is 43.3. The lowest BCUT2D eigenvalue weighted by Crippen LogP contribution is -2.39. The molecule has 2 aliphatic heterocycles. The van der Waals surface area contributed by atoms with E-state index in [2.05, 4.69) is 13.2 Å². The highest BCUT2D eigenvalue weighted by molar-refractivity contribution is 5.91. The second-order valence-electron chi connectivity index (χ2n) is 6.84. The largest absolute Gasteiger partial charge is 0.461 e. The van der Waals surface area contributed by atoms with E-state index in [0.29, 0.717) is 18.4 Å². The van der Waals surface area contributed by atoms with E-state index in [1.54, 1.807) is 0 Å². The Morgan fingerprint density at radius 2 is 2.13 bits per heavy atom. The number of aliphatic hydroxyl groups excluding tert-OH is 1. The maximum Gasteiger partial charge on any atom is 0.334 e. The minimum Gasteiger partial charge on any atom is -0.461 e. The van der Waals surface area contributed by atoms with Gasteiger partial charge in [0, 0.05) is 18.9 Å². The number of epoxide rings is 1. The van der Waals surface area contributed by atoms with Crippen LogP contribution in [0.2, 0.25) is 0 Å². The van der Waals surface area contributed by atoms with Crippen molar-refractivity contribution in [2.75, 3.05) is 0 Å². The van der Waals surface area contributed by atoms with Gasteiger partial charge in [0.25, 0.3) is 0 Å². The second kappa shape index (κ2) is 5.46. The van der Waals surface area contributed by atoms with Crippen molar-refractivity contribution in [1.29, 1.82) is 0 Å². The molecule has 0 amide bonds. The van der Waals surface area contributed by atoms with Crippen molar-refractivity contribution >= 4 is 11.9 Å². The summed E-state index contributed by atoms with van der Waals surface area (Å²) in [5, 5.41) is 10.2. The molecule has 6 heteroatoms. The predicted octanol–water partition coefficient (Wildman–Crippen LogP) is 1.27. The highest BCUT2D eigenvalue weighted by Crippen LogP contribution is 2.50. The van der Waals surface area contributed by atoms with Crippen molar-refractivity contribution in [2.45, 2.75) is 63.1 Å². The van der Waals surface area contributed by atoms with Gasteiger partial charge in [-0.3, -0.25) is 4.79 Å². The number of rotatable bonds is 1. The zero-order valence-electron chi connectivity index (χ0n) is 13.4. The Balaban J connectivity index is 1.96. The zero-order valence-corrected chi connectivity index (χ0v) is 13.4. The Morgan fingerprint density at radius 1 is 1.43 bits per heavy atom. The molecule has 0 unspecified atom stereocenters. The Hall–Kier alpha value is -1.66. The summed E-state index contributed by atoms with van der Waals surface area (Å²) in [6.45, 7) is 11.0. The molecule has 3 rings (SSSR count). The third-order valence-corrected chi connectivity index (χ3v) is 5.07. The molecule has 0 aromatic rings. The van der Waals surface area contributed by atoms with Crippen molar-refractivity contribution in [2.24, 2.45) is 5.92 Å². The van der Waals surface area contributed by atoms with Gasteiger partial charge in [-0.25, -0.2) is 4.79 Å². The fourth-order valence-corrected chi connectivity index (χ4v) is 3.64. The molecule has 0 spiro atoms. The van der Waals surface area contributed by atoms with E-state index in [1.807, 2.05) is 6.92 Å². The first-order valence-electron chi connectivity index (χ1n) is 7.83. The van der Waals surface area contributed by atoms with Gasteiger partial charge in [-0.2, -0.15) is 0 Å². The lowest BCUT2D eigenvalue weighted by molar-refractivity contribution is -0.150. The van der Waals surface area contributed by atoms with E-state index >= 15 is 0 Å². The molecule has 126 valence electrons. The van der Waals surface area contributed by atoms with Gasteiger partial charge in [-0.05, 0) is 25.3 Å². The van der Waals surface area contributed by atoms with Gasteiger partial charge in [0.05, 0.1) is 17.6 Å². The lowest BCUT2D eigenvalue weighted by Gasteiger charge is -2.29. The van der Waals surface area contributed by atoms with Gasteiger partial charge >= 0.3 is 11.9 Å². The number of fused-ring (bicyclic) bond motifs is 3. The zero-order chi connectivity index (χ0) is 16.9. The molecule has 0 aromatic carbocycles. The molecule has 1 saturated carbocycles. The number of aliphatic hydroxyl groups is 1. The van der Waals surface area contributed by atoms with E-state index in [-0.39, 0.29) is 18.1 Å². The second-order valence-corrected chi connectivity index (χ2v) is 6.84. The van der Waals surface area contributed by atoms with E-state index in [9.17, 15) is 14.7 Å². The summed E-state index contributed by atoms with van der Waals surface area (Å²) in [5.41, 5.74) is 0.402. The summed E-state index contributed by atoms with van der Waals surface area (Å²) in [4.78, 5) is 23.5. The van der Waals surface area contributed by atoms with Crippen LogP contribution >= 0.6 is 0 Å². The topological polar surface area (TPSA) is 85.4 Å². The molecule has 1 N–H and O–H groups in total. The maximum atomic E-state index is 12.0. The van der Waals surface area contributed by atoms with Crippen LogP contribution in [0.1, 0.15) is 33.1 Å². The van der Waals surface area contributed by atoms with Crippen LogP contribution in [0.15, 0.2) is 24.3 Å². The van der Waals surface area contributed by atoms with Crippen LogP contribution < -0.4 is 0 Å². The Bertz CT molecular complexity index is 582. The summed E-state index contributed by atoms with van der Waals surface area (Å²) in [7, 11) is 0. The smallest absolute Gasteiger partial charge is 0.334 e. The third kappa shape index (κ3) is 2.81. The first-order chi connectivity index (χ1) is 10.7. The first-order valence-corrected chi connectivity index (χ1v) is 7.83. The van der Waals surface area contributed by atoms with Crippen LogP contribution in [0.5, 0.6) is 0 Å². The molecule has 0 bridgehead atoms. The quantitative estimate of drug-likeness (QED) is 0.339. The number of carbonyl (C=O) groups excluding carboxylic acids is 2. The monoisotopic (exact) mass is 322 g/mol. The number of carbonyl (C=O) groups is 2. The molecule has 6 atom stereocenters. The van der Waals surface area contributed by atoms with Crippen LogP contribution in [0.4, 0.5) is 0 Å². The van der Waals surface area contributed by atoms with E-state index < -0.39 is 41.8 Å². The SMILES string of the molecule is C=C1C(=O)O[C@H]2[C@H]1[C@H](OC(C)=O)CC(=C)[C@H](O)CC[C@@]1(C)O[C@H]21. The van der Waals surface area contributed by atoms with Crippen LogP contribution in [0.3, 0.4) is 0 Å². The van der Waals surface area contributed by atoms with E-state index in [1.165, 1.54) is 6.92 Å². The Morgan fingerprint density at radius 3 is 2.78 bits per heavy atom. The summed E-state index contributed by atoms with van der Waals surface area (Å²) in [6.07, 6.45) is -0.725. The fraction of sp³-hybridized carbons (Fsp3) is 0.647. The average Bonchev–Trinajstić information content (AvgIpc) is 3.04. The van der Waals surface area contributed by atoms with Gasteiger partial charge < -0.3 is 19.3 Å². The minimum absolute atomic E-state index is 0.265. The molecule has 2 heterocycles. The molecule has 3 fully saturated rings. The number of hydrogen-bond donors (Lipinski definition) is 1. The molecule has 23 heavy (non-hydrogen) atoms. The molecule has 3 aliphatic rings. The Kier molecular flexibility index (Phi) is 3.84. The number of ether oxygens (including phenoxy) is 3. The van der Waals surface area contributed by atoms with Gasteiger partial charge in [0.2, 0.25) is 0 Å².